The number of fused-ring (bicyclic) bond motifs is 2. The minimum absolute atomic E-state index is 0.631. The lowest BCUT2D eigenvalue weighted by Gasteiger charge is -2.47. The molecule has 3 unspecified atom stereocenters. The molecule has 3 fully saturated rings. The van der Waals surface area contributed by atoms with Crippen LogP contribution in [0.3, 0.4) is 0 Å². The van der Waals surface area contributed by atoms with Crippen LogP contribution in [0.1, 0.15) is 52.4 Å². The Morgan fingerprint density at radius 1 is 1.22 bits per heavy atom. The highest BCUT2D eigenvalue weighted by Crippen LogP contribution is 2.59. The van der Waals surface area contributed by atoms with Gasteiger partial charge in [-0.2, -0.15) is 0 Å². The molecule has 2 aliphatic carbocycles. The van der Waals surface area contributed by atoms with Crippen LogP contribution < -0.4 is 0 Å². The molecule has 2 nitrogen and oxygen atoms in total. The Hall–Kier alpha value is -0.0800. The number of hydrogen-bond donors (Lipinski definition) is 0. The van der Waals surface area contributed by atoms with E-state index in [0.29, 0.717) is 10.8 Å². The minimum atomic E-state index is 0.631. The quantitative estimate of drug-likeness (QED) is 0.763. The molecule has 3 rings (SSSR count). The van der Waals surface area contributed by atoms with Crippen molar-refractivity contribution in [2.24, 2.45) is 16.7 Å². The zero-order valence-corrected chi connectivity index (χ0v) is 12.2. The van der Waals surface area contributed by atoms with Crippen LogP contribution in [0.15, 0.2) is 0 Å². The van der Waals surface area contributed by atoms with Crippen LogP contribution in [0.4, 0.5) is 0 Å². The van der Waals surface area contributed by atoms with Crippen LogP contribution >= 0.6 is 0 Å². The molecule has 0 aromatic carbocycles. The first kappa shape index (κ1) is 12.9. The van der Waals surface area contributed by atoms with Gasteiger partial charge in [-0.15, -0.1) is 0 Å². The summed E-state index contributed by atoms with van der Waals surface area (Å²) < 4.78 is 5.49. The molecule has 0 radical (unpaired) electrons. The average Bonchev–Trinajstić information content (AvgIpc) is 2.66. The van der Waals surface area contributed by atoms with Gasteiger partial charge in [0.2, 0.25) is 0 Å². The fourth-order valence-corrected chi connectivity index (χ4v) is 5.04. The summed E-state index contributed by atoms with van der Waals surface area (Å²) in [7, 11) is 0. The normalized spacial score (nSPS) is 45.3. The van der Waals surface area contributed by atoms with Gasteiger partial charge in [-0.3, -0.25) is 4.90 Å². The maximum Gasteiger partial charge on any atom is 0.0594 e. The molecule has 3 aliphatic rings. The van der Waals surface area contributed by atoms with Gasteiger partial charge >= 0.3 is 0 Å². The number of ether oxygens (including phenoxy) is 1. The third-order valence-electron chi connectivity index (χ3n) is 5.90. The number of hydrogen-bond acceptors (Lipinski definition) is 2. The molecule has 1 aliphatic heterocycles. The molecule has 2 bridgehead atoms. The van der Waals surface area contributed by atoms with Crippen molar-refractivity contribution in [1.29, 1.82) is 0 Å². The molecule has 2 saturated carbocycles. The van der Waals surface area contributed by atoms with E-state index in [0.717, 1.165) is 32.2 Å². The monoisotopic (exact) mass is 251 g/mol. The highest BCUT2D eigenvalue weighted by molar-refractivity contribution is 5.01. The maximum absolute atomic E-state index is 5.49. The molecule has 3 atom stereocenters. The summed E-state index contributed by atoms with van der Waals surface area (Å²) >= 11 is 0. The van der Waals surface area contributed by atoms with Crippen molar-refractivity contribution in [3.8, 4) is 0 Å². The van der Waals surface area contributed by atoms with Gasteiger partial charge in [0.25, 0.3) is 0 Å². The fourth-order valence-electron chi connectivity index (χ4n) is 5.04. The number of morpholine rings is 1. The summed E-state index contributed by atoms with van der Waals surface area (Å²) in [5, 5.41) is 0. The van der Waals surface area contributed by atoms with E-state index in [4.69, 9.17) is 4.74 Å². The number of rotatable bonds is 3. The summed E-state index contributed by atoms with van der Waals surface area (Å²) in [4.78, 5) is 2.67. The van der Waals surface area contributed by atoms with Crippen molar-refractivity contribution < 1.29 is 4.74 Å². The zero-order valence-electron chi connectivity index (χ0n) is 12.2. The fraction of sp³-hybridized carbons (Fsp3) is 1.00. The lowest BCUT2D eigenvalue weighted by atomic mass is 9.62. The van der Waals surface area contributed by atoms with Crippen LogP contribution in [0.5, 0.6) is 0 Å². The highest BCUT2D eigenvalue weighted by atomic mass is 16.5. The summed E-state index contributed by atoms with van der Waals surface area (Å²) in [5.74, 6) is 1.03. The van der Waals surface area contributed by atoms with Crippen LogP contribution in [0.2, 0.25) is 0 Å². The molecule has 2 heteroatoms. The summed E-state index contributed by atoms with van der Waals surface area (Å²) in [6, 6.07) is 0. The van der Waals surface area contributed by atoms with Gasteiger partial charge in [0.1, 0.15) is 0 Å². The first-order valence-corrected chi connectivity index (χ1v) is 7.93. The van der Waals surface area contributed by atoms with E-state index in [9.17, 15) is 0 Å². The summed E-state index contributed by atoms with van der Waals surface area (Å²) in [5.41, 5.74) is 1.29. The van der Waals surface area contributed by atoms with Gasteiger partial charge in [-0.25, -0.2) is 0 Å². The maximum atomic E-state index is 5.49. The lowest BCUT2D eigenvalue weighted by Crippen LogP contribution is -2.46. The molecular formula is C16H29NO. The molecule has 1 saturated heterocycles. The van der Waals surface area contributed by atoms with Gasteiger partial charge in [-0.05, 0) is 48.9 Å². The first-order valence-electron chi connectivity index (χ1n) is 7.93. The second-order valence-corrected chi connectivity index (χ2v) is 7.54. The summed E-state index contributed by atoms with van der Waals surface area (Å²) in [6.45, 7) is 10.5. The van der Waals surface area contributed by atoms with Crippen LogP contribution in [-0.4, -0.2) is 37.7 Å². The van der Waals surface area contributed by atoms with Crippen LogP contribution in [-0.2, 0) is 4.74 Å². The van der Waals surface area contributed by atoms with Crippen molar-refractivity contribution in [3.63, 3.8) is 0 Å². The van der Waals surface area contributed by atoms with Gasteiger partial charge in [0.05, 0.1) is 13.2 Å². The van der Waals surface area contributed by atoms with E-state index in [2.05, 4.69) is 18.7 Å². The topological polar surface area (TPSA) is 12.5 Å². The van der Waals surface area contributed by atoms with Crippen molar-refractivity contribution in [1.82, 2.24) is 4.90 Å². The SMILES string of the molecule is CCC1(C)CC2CCC(CN3CCOCC3)(C2)C1. The lowest BCUT2D eigenvalue weighted by molar-refractivity contribution is -0.00799. The third kappa shape index (κ3) is 2.46. The average molecular weight is 251 g/mol. The molecular weight excluding hydrogens is 222 g/mol. The molecule has 104 valence electrons. The molecule has 0 aromatic heterocycles. The molecule has 0 aromatic rings. The van der Waals surface area contributed by atoms with E-state index in [1.54, 1.807) is 0 Å². The van der Waals surface area contributed by atoms with E-state index in [1.165, 1.54) is 45.1 Å². The van der Waals surface area contributed by atoms with Crippen LogP contribution in [0.25, 0.3) is 0 Å². The first-order chi connectivity index (χ1) is 8.63. The number of nitrogens with zero attached hydrogens (tertiary/aromatic N) is 1. The van der Waals surface area contributed by atoms with Gasteiger partial charge < -0.3 is 4.74 Å². The van der Waals surface area contributed by atoms with Crippen molar-refractivity contribution in [3.05, 3.63) is 0 Å². The highest BCUT2D eigenvalue weighted by Gasteiger charge is 2.49. The third-order valence-corrected chi connectivity index (χ3v) is 5.90. The molecule has 18 heavy (non-hydrogen) atoms. The zero-order chi connectivity index (χ0) is 12.6. The standard InChI is InChI=1S/C16H29NO/c1-3-15(2)10-14-4-5-16(11-14,12-15)13-17-6-8-18-9-7-17/h14H,3-13H2,1-2H3. The van der Waals surface area contributed by atoms with Crippen LogP contribution in [0, 0.1) is 16.7 Å². The van der Waals surface area contributed by atoms with E-state index >= 15 is 0 Å². The molecule has 0 spiro atoms. The second-order valence-electron chi connectivity index (χ2n) is 7.54. The molecule has 1 heterocycles. The predicted octanol–water partition coefficient (Wildman–Crippen LogP) is 3.32. The Bertz CT molecular complexity index is 299. The molecule has 0 N–H and O–H groups in total. The van der Waals surface area contributed by atoms with E-state index in [-0.39, 0.29) is 0 Å². The molecule has 0 amide bonds. The Kier molecular flexibility index (Phi) is 3.44. The van der Waals surface area contributed by atoms with Gasteiger partial charge in [0.15, 0.2) is 0 Å². The van der Waals surface area contributed by atoms with Gasteiger partial charge in [-0.1, -0.05) is 20.3 Å². The largest absolute Gasteiger partial charge is 0.379 e. The van der Waals surface area contributed by atoms with Gasteiger partial charge in [0, 0.05) is 19.6 Å². The Labute approximate surface area is 112 Å². The minimum Gasteiger partial charge on any atom is -0.379 e. The predicted molar refractivity (Wildman–Crippen MR) is 74.7 cm³/mol. The smallest absolute Gasteiger partial charge is 0.0594 e. The van der Waals surface area contributed by atoms with Crippen molar-refractivity contribution >= 4 is 0 Å². The Morgan fingerprint density at radius 2 is 2.00 bits per heavy atom. The second kappa shape index (κ2) is 4.79. The van der Waals surface area contributed by atoms with Crippen molar-refractivity contribution in [2.75, 3.05) is 32.8 Å². The van der Waals surface area contributed by atoms with E-state index in [1.807, 2.05) is 0 Å². The Balaban J connectivity index is 1.69. The summed E-state index contributed by atoms with van der Waals surface area (Å²) in [6.07, 6.45) is 8.84. The van der Waals surface area contributed by atoms with E-state index < -0.39 is 0 Å². The Morgan fingerprint density at radius 3 is 2.72 bits per heavy atom. The van der Waals surface area contributed by atoms with Crippen molar-refractivity contribution in [2.45, 2.75) is 52.4 Å².